The molecule has 1 N–H and O–H groups in total. The van der Waals surface area contributed by atoms with Crippen LogP contribution in [-0.2, 0) is 0 Å². The Bertz CT molecular complexity index is 537. The topological polar surface area (TPSA) is 36.4 Å². The first-order valence-corrected chi connectivity index (χ1v) is 6.84. The third-order valence-corrected chi connectivity index (χ3v) is 4.28. The third kappa shape index (κ3) is 2.15. The minimum absolute atomic E-state index is 0.197. The first kappa shape index (κ1) is 11.0. The van der Waals surface area contributed by atoms with Crippen molar-refractivity contribution in [1.29, 1.82) is 0 Å². The Kier molecular flexibility index (Phi) is 2.76. The molecule has 3 nitrogen and oxygen atoms in total. The number of hydrogen-bond donors (Lipinski definition) is 1. The van der Waals surface area contributed by atoms with E-state index in [1.807, 2.05) is 0 Å². The van der Waals surface area contributed by atoms with Crippen LogP contribution in [0.25, 0.3) is 10.2 Å². The molecular weight excluding hydrogens is 232 g/mol. The Balaban J connectivity index is 1.94. The third-order valence-electron chi connectivity index (χ3n) is 3.20. The van der Waals surface area contributed by atoms with E-state index in [0.29, 0.717) is 0 Å². The predicted octanol–water partition coefficient (Wildman–Crippen LogP) is 2.57. The van der Waals surface area contributed by atoms with Crippen LogP contribution in [0, 0.1) is 6.92 Å². The Morgan fingerprint density at radius 2 is 2.35 bits per heavy atom. The molecule has 1 unspecified atom stereocenters. The van der Waals surface area contributed by atoms with Gasteiger partial charge in [0.25, 0.3) is 0 Å². The smallest absolute Gasteiger partial charge is 0.186 e. The minimum Gasteiger partial charge on any atom is -0.391 e. The highest BCUT2D eigenvalue weighted by Crippen LogP contribution is 2.30. The van der Waals surface area contributed by atoms with Gasteiger partial charge in [0.05, 0.1) is 16.3 Å². The van der Waals surface area contributed by atoms with Crippen LogP contribution in [0.3, 0.4) is 0 Å². The summed E-state index contributed by atoms with van der Waals surface area (Å²) in [7, 11) is 0. The molecule has 1 aliphatic rings. The molecular formula is C13H16N2OS. The zero-order valence-corrected chi connectivity index (χ0v) is 10.7. The van der Waals surface area contributed by atoms with Crippen LogP contribution in [0.4, 0.5) is 5.13 Å². The van der Waals surface area contributed by atoms with Gasteiger partial charge in [-0.15, -0.1) is 0 Å². The van der Waals surface area contributed by atoms with E-state index in [1.54, 1.807) is 11.3 Å². The summed E-state index contributed by atoms with van der Waals surface area (Å²) in [5.74, 6) is 0. The molecule has 2 aromatic rings. The summed E-state index contributed by atoms with van der Waals surface area (Å²) in [5, 5.41) is 10.7. The van der Waals surface area contributed by atoms with Crippen LogP contribution in [0.5, 0.6) is 0 Å². The lowest BCUT2D eigenvalue weighted by Crippen LogP contribution is -2.38. The van der Waals surface area contributed by atoms with Gasteiger partial charge in [0.2, 0.25) is 0 Å². The van der Waals surface area contributed by atoms with Crippen LogP contribution in [0.2, 0.25) is 0 Å². The molecule has 0 radical (unpaired) electrons. The van der Waals surface area contributed by atoms with Crippen molar-refractivity contribution in [2.24, 2.45) is 0 Å². The summed E-state index contributed by atoms with van der Waals surface area (Å²) in [4.78, 5) is 6.85. The summed E-state index contributed by atoms with van der Waals surface area (Å²) >= 11 is 1.72. The molecule has 1 aliphatic heterocycles. The van der Waals surface area contributed by atoms with E-state index in [0.717, 1.165) is 36.6 Å². The normalized spacial score (nSPS) is 21.1. The second-order valence-corrected chi connectivity index (χ2v) is 5.72. The van der Waals surface area contributed by atoms with Crippen LogP contribution in [-0.4, -0.2) is 29.3 Å². The highest BCUT2D eigenvalue weighted by atomic mass is 32.1. The van der Waals surface area contributed by atoms with Gasteiger partial charge in [-0.3, -0.25) is 0 Å². The number of thiazole rings is 1. The zero-order chi connectivity index (χ0) is 11.8. The number of β-amino-alcohol motifs (C(OH)–C–C–N with tert-alkyl or cyclic N) is 1. The highest BCUT2D eigenvalue weighted by molar-refractivity contribution is 7.22. The summed E-state index contributed by atoms with van der Waals surface area (Å²) in [6.45, 7) is 3.83. The number of benzene rings is 1. The molecule has 0 aliphatic carbocycles. The van der Waals surface area contributed by atoms with Crippen molar-refractivity contribution in [1.82, 2.24) is 4.98 Å². The molecule has 0 amide bonds. The SMILES string of the molecule is Cc1ccc2nc(N3CCCC(O)C3)sc2c1. The maximum Gasteiger partial charge on any atom is 0.186 e. The number of nitrogens with zero attached hydrogens (tertiary/aromatic N) is 2. The van der Waals surface area contributed by atoms with Gasteiger partial charge in [-0.2, -0.15) is 0 Å². The van der Waals surface area contributed by atoms with Crippen molar-refractivity contribution in [2.75, 3.05) is 18.0 Å². The first-order valence-electron chi connectivity index (χ1n) is 6.02. The molecule has 2 heterocycles. The van der Waals surface area contributed by atoms with Gasteiger partial charge < -0.3 is 10.0 Å². The maximum absolute atomic E-state index is 9.70. The molecule has 1 saturated heterocycles. The average Bonchev–Trinajstić information content (AvgIpc) is 2.72. The zero-order valence-electron chi connectivity index (χ0n) is 9.89. The molecule has 1 atom stereocenters. The number of aliphatic hydroxyl groups is 1. The Morgan fingerprint density at radius 3 is 3.18 bits per heavy atom. The standard InChI is InChI=1S/C13H16N2OS/c1-9-4-5-11-12(7-9)17-13(14-11)15-6-2-3-10(16)8-15/h4-5,7,10,16H,2-3,6,8H2,1H3. The van der Waals surface area contributed by atoms with E-state index in [4.69, 9.17) is 0 Å². The molecule has 3 rings (SSSR count). The van der Waals surface area contributed by atoms with Gasteiger partial charge in [-0.25, -0.2) is 4.98 Å². The Morgan fingerprint density at radius 1 is 1.47 bits per heavy atom. The average molecular weight is 248 g/mol. The minimum atomic E-state index is -0.197. The monoisotopic (exact) mass is 248 g/mol. The Labute approximate surface area is 105 Å². The molecule has 1 aromatic heterocycles. The van der Waals surface area contributed by atoms with Crippen LogP contribution < -0.4 is 4.90 Å². The van der Waals surface area contributed by atoms with Gasteiger partial charge in [0, 0.05) is 13.1 Å². The van der Waals surface area contributed by atoms with Gasteiger partial charge in [-0.1, -0.05) is 17.4 Å². The van der Waals surface area contributed by atoms with Crippen molar-refractivity contribution in [3.05, 3.63) is 23.8 Å². The number of rotatable bonds is 1. The van der Waals surface area contributed by atoms with E-state index in [1.165, 1.54) is 10.3 Å². The van der Waals surface area contributed by atoms with Crippen LogP contribution in [0.1, 0.15) is 18.4 Å². The van der Waals surface area contributed by atoms with Crippen molar-refractivity contribution < 1.29 is 5.11 Å². The summed E-state index contributed by atoms with van der Waals surface area (Å²) in [6.07, 6.45) is 1.77. The van der Waals surface area contributed by atoms with Gasteiger partial charge >= 0.3 is 0 Å². The fourth-order valence-electron chi connectivity index (χ4n) is 2.28. The molecule has 0 spiro atoms. The highest BCUT2D eigenvalue weighted by Gasteiger charge is 2.20. The lowest BCUT2D eigenvalue weighted by atomic mass is 10.1. The number of anilines is 1. The molecule has 90 valence electrons. The number of hydrogen-bond acceptors (Lipinski definition) is 4. The maximum atomic E-state index is 9.70. The first-order chi connectivity index (χ1) is 8.22. The van der Waals surface area contributed by atoms with Gasteiger partial charge in [0.1, 0.15) is 0 Å². The van der Waals surface area contributed by atoms with Crippen LogP contribution >= 0.6 is 11.3 Å². The fourth-order valence-corrected chi connectivity index (χ4v) is 3.38. The van der Waals surface area contributed by atoms with Crippen molar-refractivity contribution in [3.63, 3.8) is 0 Å². The molecule has 0 bridgehead atoms. The molecule has 1 fully saturated rings. The van der Waals surface area contributed by atoms with Crippen molar-refractivity contribution >= 4 is 26.7 Å². The van der Waals surface area contributed by atoms with E-state index in [9.17, 15) is 5.11 Å². The predicted molar refractivity (Wildman–Crippen MR) is 71.8 cm³/mol. The Hall–Kier alpha value is -1.13. The molecule has 0 saturated carbocycles. The van der Waals surface area contributed by atoms with Crippen molar-refractivity contribution in [3.8, 4) is 0 Å². The van der Waals surface area contributed by atoms with Crippen LogP contribution in [0.15, 0.2) is 18.2 Å². The summed E-state index contributed by atoms with van der Waals surface area (Å²) in [6, 6.07) is 6.35. The molecule has 4 heteroatoms. The second kappa shape index (κ2) is 4.27. The van der Waals surface area contributed by atoms with E-state index in [-0.39, 0.29) is 6.10 Å². The number of aliphatic hydroxyl groups excluding tert-OH is 1. The number of aryl methyl sites for hydroxylation is 1. The number of fused-ring (bicyclic) bond motifs is 1. The van der Waals surface area contributed by atoms with E-state index in [2.05, 4.69) is 35.0 Å². The van der Waals surface area contributed by atoms with Gasteiger partial charge in [-0.05, 0) is 37.5 Å². The van der Waals surface area contributed by atoms with Crippen molar-refractivity contribution in [2.45, 2.75) is 25.9 Å². The second-order valence-electron chi connectivity index (χ2n) is 4.71. The largest absolute Gasteiger partial charge is 0.391 e. The van der Waals surface area contributed by atoms with E-state index >= 15 is 0 Å². The summed E-state index contributed by atoms with van der Waals surface area (Å²) in [5.41, 5.74) is 2.34. The summed E-state index contributed by atoms with van der Waals surface area (Å²) < 4.78 is 1.24. The number of piperidine rings is 1. The fraction of sp³-hybridized carbons (Fsp3) is 0.462. The lowest BCUT2D eigenvalue weighted by molar-refractivity contribution is 0.154. The van der Waals surface area contributed by atoms with E-state index < -0.39 is 0 Å². The quantitative estimate of drug-likeness (QED) is 0.842. The lowest BCUT2D eigenvalue weighted by Gasteiger charge is -2.29. The molecule has 1 aromatic carbocycles. The number of aromatic nitrogens is 1. The van der Waals surface area contributed by atoms with Gasteiger partial charge in [0.15, 0.2) is 5.13 Å². The molecule has 17 heavy (non-hydrogen) atoms.